The zero-order valence-electron chi connectivity index (χ0n) is 12.6. The van der Waals surface area contributed by atoms with E-state index in [0.717, 1.165) is 0 Å². The quantitative estimate of drug-likeness (QED) is 0.360. The largest absolute Gasteiger partial charge is 0.492 e. The number of carbonyl (C=O) groups excluding carboxylic acids is 1. The van der Waals surface area contributed by atoms with Crippen LogP contribution in [0.1, 0.15) is 5.56 Å². The minimum Gasteiger partial charge on any atom is -0.492 e. The molecule has 0 spiro atoms. The summed E-state index contributed by atoms with van der Waals surface area (Å²) in [5, 5.41) is 14.0. The second-order valence-electron chi connectivity index (χ2n) is 4.78. The molecule has 2 rings (SSSR count). The zero-order valence-corrected chi connectivity index (χ0v) is 13.4. The van der Waals surface area contributed by atoms with Gasteiger partial charge in [0.05, 0.1) is 11.5 Å². The molecule has 2 aromatic rings. The number of halogens is 1. The molecule has 0 aliphatic heterocycles. The van der Waals surface area contributed by atoms with Crippen molar-refractivity contribution in [3.8, 4) is 5.75 Å². The number of carbonyl (C=O) groups is 1. The molecule has 0 aromatic heterocycles. The summed E-state index contributed by atoms with van der Waals surface area (Å²) in [7, 11) is 0. The number of rotatable bonds is 7. The predicted molar refractivity (Wildman–Crippen MR) is 92.1 cm³/mol. The summed E-state index contributed by atoms with van der Waals surface area (Å²) in [5.41, 5.74) is 0.561. The molecule has 0 atom stereocenters. The third-order valence-electron chi connectivity index (χ3n) is 2.99. The molecule has 0 saturated carbocycles. The monoisotopic (exact) mass is 346 g/mol. The van der Waals surface area contributed by atoms with Crippen LogP contribution in [0.5, 0.6) is 5.75 Å². The zero-order chi connectivity index (χ0) is 17.4. The Bertz CT molecular complexity index is 745. The van der Waals surface area contributed by atoms with Crippen molar-refractivity contribution < 1.29 is 14.5 Å². The van der Waals surface area contributed by atoms with E-state index in [9.17, 15) is 14.9 Å². The van der Waals surface area contributed by atoms with Gasteiger partial charge in [-0.1, -0.05) is 23.7 Å². The lowest BCUT2D eigenvalue weighted by Gasteiger charge is -2.06. The Morgan fingerprint density at radius 3 is 2.71 bits per heavy atom. The fourth-order valence-electron chi connectivity index (χ4n) is 1.85. The molecule has 0 unspecified atom stereocenters. The van der Waals surface area contributed by atoms with Crippen LogP contribution in [0.3, 0.4) is 0 Å². The fraction of sp³-hybridized carbons (Fsp3) is 0.118. The Labute approximate surface area is 143 Å². The van der Waals surface area contributed by atoms with Gasteiger partial charge in [0.15, 0.2) is 0 Å². The third-order valence-corrected chi connectivity index (χ3v) is 3.24. The third kappa shape index (κ3) is 5.73. The molecule has 0 bridgehead atoms. The molecule has 0 fully saturated rings. The van der Waals surface area contributed by atoms with Gasteiger partial charge >= 0.3 is 0 Å². The van der Waals surface area contributed by atoms with Gasteiger partial charge in [0.1, 0.15) is 12.4 Å². The standard InChI is InChI=1S/C17H15ClN2O4/c18-14-5-7-16(8-6-14)24-11-10-19-17(21)9-4-13-2-1-3-15(12-13)20(22)23/h1-9,12H,10-11H2,(H,19,21)/b9-4+. The maximum Gasteiger partial charge on any atom is 0.270 e. The number of nitro groups is 1. The van der Waals surface area contributed by atoms with Crippen LogP contribution in [0.25, 0.3) is 6.08 Å². The van der Waals surface area contributed by atoms with Crippen molar-refractivity contribution in [3.05, 3.63) is 75.3 Å². The highest BCUT2D eigenvalue weighted by atomic mass is 35.5. The van der Waals surface area contributed by atoms with Crippen LogP contribution in [0.4, 0.5) is 5.69 Å². The Morgan fingerprint density at radius 2 is 2.00 bits per heavy atom. The van der Waals surface area contributed by atoms with Gasteiger partial charge in [-0.25, -0.2) is 0 Å². The summed E-state index contributed by atoms with van der Waals surface area (Å²) in [4.78, 5) is 21.9. The SMILES string of the molecule is O=C(/C=C/c1cccc([N+](=O)[O-])c1)NCCOc1ccc(Cl)cc1. The molecule has 0 saturated heterocycles. The summed E-state index contributed by atoms with van der Waals surface area (Å²) in [6.07, 6.45) is 2.84. The number of hydrogen-bond acceptors (Lipinski definition) is 4. The Balaban J connectivity index is 1.75. The van der Waals surface area contributed by atoms with E-state index < -0.39 is 4.92 Å². The van der Waals surface area contributed by atoms with E-state index in [1.807, 2.05) is 0 Å². The predicted octanol–water partition coefficient (Wildman–Crippen LogP) is 3.46. The van der Waals surface area contributed by atoms with Crippen molar-refractivity contribution in [2.24, 2.45) is 0 Å². The normalized spacial score (nSPS) is 10.5. The Morgan fingerprint density at radius 1 is 1.25 bits per heavy atom. The van der Waals surface area contributed by atoms with Crippen LogP contribution in [-0.2, 0) is 4.79 Å². The number of ether oxygens (including phenoxy) is 1. The van der Waals surface area contributed by atoms with Gasteiger partial charge in [-0.15, -0.1) is 0 Å². The van der Waals surface area contributed by atoms with Gasteiger partial charge in [-0.2, -0.15) is 0 Å². The molecule has 0 radical (unpaired) electrons. The molecular weight excluding hydrogens is 332 g/mol. The lowest BCUT2D eigenvalue weighted by molar-refractivity contribution is -0.384. The number of nitrogens with one attached hydrogen (secondary N) is 1. The van der Waals surface area contributed by atoms with E-state index in [1.165, 1.54) is 24.3 Å². The molecule has 6 nitrogen and oxygen atoms in total. The Hall–Kier alpha value is -2.86. The Kier molecular flexibility index (Phi) is 6.33. The minimum absolute atomic E-state index is 0.0195. The van der Waals surface area contributed by atoms with E-state index in [0.29, 0.717) is 29.5 Å². The first-order valence-corrected chi connectivity index (χ1v) is 7.51. The molecule has 24 heavy (non-hydrogen) atoms. The maximum absolute atomic E-state index is 11.7. The van der Waals surface area contributed by atoms with Crippen molar-refractivity contribution >= 4 is 29.3 Å². The highest BCUT2D eigenvalue weighted by Gasteiger charge is 2.04. The van der Waals surface area contributed by atoms with Gasteiger partial charge in [-0.3, -0.25) is 14.9 Å². The number of amides is 1. The summed E-state index contributed by atoms with van der Waals surface area (Å²) >= 11 is 5.77. The molecule has 0 heterocycles. The molecule has 0 aliphatic rings. The molecule has 7 heteroatoms. The average molecular weight is 347 g/mol. The number of non-ortho nitro benzene ring substituents is 1. The van der Waals surface area contributed by atoms with Crippen LogP contribution in [-0.4, -0.2) is 24.0 Å². The van der Waals surface area contributed by atoms with Gasteiger partial charge in [0.25, 0.3) is 5.69 Å². The molecular formula is C17H15ClN2O4. The smallest absolute Gasteiger partial charge is 0.270 e. The number of nitro benzene ring substituents is 1. The van der Waals surface area contributed by atoms with Crippen molar-refractivity contribution in [2.45, 2.75) is 0 Å². The number of hydrogen-bond donors (Lipinski definition) is 1. The van der Waals surface area contributed by atoms with Crippen molar-refractivity contribution in [2.75, 3.05) is 13.2 Å². The highest BCUT2D eigenvalue weighted by molar-refractivity contribution is 6.30. The van der Waals surface area contributed by atoms with Crippen molar-refractivity contribution in [3.63, 3.8) is 0 Å². The van der Waals surface area contributed by atoms with Gasteiger partial charge in [0, 0.05) is 23.2 Å². The van der Waals surface area contributed by atoms with E-state index in [2.05, 4.69) is 5.32 Å². The van der Waals surface area contributed by atoms with Gasteiger partial charge < -0.3 is 10.1 Å². The van der Waals surface area contributed by atoms with Crippen LogP contribution in [0, 0.1) is 10.1 Å². The first kappa shape index (κ1) is 17.5. The van der Waals surface area contributed by atoms with E-state index >= 15 is 0 Å². The van der Waals surface area contributed by atoms with Crippen LogP contribution >= 0.6 is 11.6 Å². The molecule has 124 valence electrons. The van der Waals surface area contributed by atoms with Crippen molar-refractivity contribution in [1.82, 2.24) is 5.32 Å². The second kappa shape index (κ2) is 8.69. The number of benzene rings is 2. The topological polar surface area (TPSA) is 81.5 Å². The molecule has 2 aromatic carbocycles. The summed E-state index contributed by atoms with van der Waals surface area (Å²) in [6.45, 7) is 0.652. The van der Waals surface area contributed by atoms with Gasteiger partial charge in [-0.05, 0) is 35.9 Å². The van der Waals surface area contributed by atoms with Crippen LogP contribution in [0.15, 0.2) is 54.6 Å². The fourth-order valence-corrected chi connectivity index (χ4v) is 1.97. The second-order valence-corrected chi connectivity index (χ2v) is 5.22. The number of nitrogens with zero attached hydrogens (tertiary/aromatic N) is 1. The van der Waals surface area contributed by atoms with Crippen LogP contribution in [0.2, 0.25) is 5.02 Å². The summed E-state index contributed by atoms with van der Waals surface area (Å²) in [5.74, 6) is 0.363. The summed E-state index contributed by atoms with van der Waals surface area (Å²) in [6, 6.07) is 13.0. The van der Waals surface area contributed by atoms with Crippen LogP contribution < -0.4 is 10.1 Å². The first-order valence-electron chi connectivity index (χ1n) is 7.13. The van der Waals surface area contributed by atoms with E-state index in [-0.39, 0.29) is 11.6 Å². The van der Waals surface area contributed by atoms with E-state index in [4.69, 9.17) is 16.3 Å². The summed E-state index contributed by atoms with van der Waals surface area (Å²) < 4.78 is 5.44. The molecule has 0 aliphatic carbocycles. The lowest BCUT2D eigenvalue weighted by atomic mass is 10.2. The maximum atomic E-state index is 11.7. The van der Waals surface area contributed by atoms with Crippen molar-refractivity contribution in [1.29, 1.82) is 0 Å². The molecule has 1 amide bonds. The first-order chi connectivity index (χ1) is 11.5. The highest BCUT2D eigenvalue weighted by Crippen LogP contribution is 2.15. The minimum atomic E-state index is -0.481. The molecule has 1 N–H and O–H groups in total. The average Bonchev–Trinajstić information content (AvgIpc) is 2.58. The van der Waals surface area contributed by atoms with E-state index in [1.54, 1.807) is 36.4 Å². The lowest BCUT2D eigenvalue weighted by Crippen LogP contribution is -2.26. The van der Waals surface area contributed by atoms with Gasteiger partial charge in [0.2, 0.25) is 5.91 Å².